The number of carbonyl (C=O) groups is 3. The van der Waals surface area contributed by atoms with E-state index in [0.717, 1.165) is 60.0 Å². The van der Waals surface area contributed by atoms with Gasteiger partial charge in [-0.05, 0) is 87.4 Å². The van der Waals surface area contributed by atoms with Crippen molar-refractivity contribution in [3.8, 4) is 5.75 Å². The van der Waals surface area contributed by atoms with Crippen LogP contribution in [-0.2, 0) is 27.2 Å². The van der Waals surface area contributed by atoms with Gasteiger partial charge in [0.25, 0.3) is 5.91 Å². The van der Waals surface area contributed by atoms with Crippen LogP contribution in [0.15, 0.2) is 66.7 Å². The first-order chi connectivity index (χ1) is 22.3. The summed E-state index contributed by atoms with van der Waals surface area (Å²) in [5, 5.41) is 15.8. The molecule has 2 unspecified atom stereocenters. The third kappa shape index (κ3) is 11.5. The van der Waals surface area contributed by atoms with Gasteiger partial charge in [0.15, 0.2) is 0 Å². The summed E-state index contributed by atoms with van der Waals surface area (Å²) < 4.78 is 5.56. The van der Waals surface area contributed by atoms with Gasteiger partial charge in [-0.3, -0.25) is 9.59 Å². The minimum absolute atomic E-state index is 0.101. The van der Waals surface area contributed by atoms with Gasteiger partial charge in [0.1, 0.15) is 23.4 Å². The Hall–Kier alpha value is -4.33. The number of anilines is 1. The quantitative estimate of drug-likeness (QED) is 0.145. The van der Waals surface area contributed by atoms with Crippen LogP contribution >= 0.6 is 0 Å². The molecule has 0 radical (unpaired) electrons. The summed E-state index contributed by atoms with van der Waals surface area (Å²) in [5.41, 5.74) is 4.34. The molecule has 3 aromatic carbocycles. The maximum Gasteiger partial charge on any atom is 0.408 e. The summed E-state index contributed by atoms with van der Waals surface area (Å²) in [6, 6.07) is 18.2. The number of nitrogens with zero attached hydrogens (tertiary/aromatic N) is 1. The molecule has 0 aliphatic rings. The van der Waals surface area contributed by atoms with E-state index in [1.807, 2.05) is 56.3 Å². The predicted octanol–water partition coefficient (Wildman–Crippen LogP) is 8.19. The number of phenolic OH excluding ortho intramolecular Hbond substituents is 1. The van der Waals surface area contributed by atoms with Crippen molar-refractivity contribution in [3.05, 3.63) is 94.5 Å². The van der Waals surface area contributed by atoms with Crippen molar-refractivity contribution in [1.82, 2.24) is 10.2 Å². The van der Waals surface area contributed by atoms with Crippen molar-refractivity contribution in [2.24, 2.45) is 0 Å². The zero-order chi connectivity index (χ0) is 34.6. The lowest BCUT2D eigenvalue weighted by molar-refractivity contribution is -0.140. The third-order valence-electron chi connectivity index (χ3n) is 8.14. The van der Waals surface area contributed by atoms with Crippen LogP contribution in [0, 0.1) is 13.8 Å². The Bertz CT molecular complexity index is 1440. The van der Waals surface area contributed by atoms with E-state index >= 15 is 0 Å². The molecule has 2 atom stereocenters. The average molecular weight is 644 g/mol. The van der Waals surface area contributed by atoms with E-state index in [9.17, 15) is 19.5 Å². The van der Waals surface area contributed by atoms with Crippen LogP contribution in [0.4, 0.5) is 10.5 Å². The molecule has 47 heavy (non-hydrogen) atoms. The highest BCUT2D eigenvalue weighted by molar-refractivity contribution is 6.00. The van der Waals surface area contributed by atoms with Gasteiger partial charge in [-0.1, -0.05) is 94.1 Å². The second-order valence-electron chi connectivity index (χ2n) is 13.3. The van der Waals surface area contributed by atoms with Gasteiger partial charge in [-0.2, -0.15) is 0 Å². The summed E-state index contributed by atoms with van der Waals surface area (Å²) in [6.45, 7) is 13.7. The molecule has 254 valence electrons. The highest BCUT2D eigenvalue weighted by Crippen LogP contribution is 2.28. The molecule has 0 bridgehead atoms. The second-order valence-corrected chi connectivity index (χ2v) is 13.3. The molecule has 3 rings (SSSR count). The van der Waals surface area contributed by atoms with E-state index in [2.05, 4.69) is 24.5 Å². The Morgan fingerprint density at radius 1 is 0.830 bits per heavy atom. The Labute approximate surface area is 280 Å². The molecule has 0 heterocycles. The van der Waals surface area contributed by atoms with Crippen LogP contribution < -0.4 is 10.6 Å². The Morgan fingerprint density at radius 3 is 2.00 bits per heavy atom. The van der Waals surface area contributed by atoms with Crippen molar-refractivity contribution in [3.63, 3.8) is 0 Å². The van der Waals surface area contributed by atoms with Gasteiger partial charge in [0.2, 0.25) is 5.91 Å². The first-order valence-corrected chi connectivity index (χ1v) is 16.9. The number of hydrogen-bond donors (Lipinski definition) is 3. The summed E-state index contributed by atoms with van der Waals surface area (Å²) in [5.74, 6) is -0.612. The maximum absolute atomic E-state index is 14.8. The topological polar surface area (TPSA) is 108 Å². The van der Waals surface area contributed by atoms with Crippen molar-refractivity contribution in [2.75, 3.05) is 11.9 Å². The average Bonchev–Trinajstić information content (AvgIpc) is 3.02. The number of phenols is 1. The Balaban J connectivity index is 2.10. The number of para-hydroxylation sites is 1. The van der Waals surface area contributed by atoms with Gasteiger partial charge in [0.05, 0.1) is 0 Å². The molecule has 3 N–H and O–H groups in total. The second kappa shape index (κ2) is 17.5. The Kier molecular flexibility index (Phi) is 13.9. The number of aryl methyl sites for hydroxylation is 3. The first kappa shape index (κ1) is 37.1. The van der Waals surface area contributed by atoms with Crippen LogP contribution in [0.25, 0.3) is 0 Å². The minimum Gasteiger partial charge on any atom is -0.508 e. The lowest BCUT2D eigenvalue weighted by Gasteiger charge is -2.35. The summed E-state index contributed by atoms with van der Waals surface area (Å²) in [7, 11) is 0. The molecule has 0 aliphatic carbocycles. The number of rotatable bonds is 15. The molecular weight excluding hydrogens is 590 g/mol. The Morgan fingerprint density at radius 2 is 1.43 bits per heavy atom. The molecule has 0 aromatic heterocycles. The maximum atomic E-state index is 14.8. The molecule has 0 saturated heterocycles. The molecule has 0 aliphatic heterocycles. The molecule has 0 fully saturated rings. The number of aromatic hydroxyl groups is 1. The fourth-order valence-corrected chi connectivity index (χ4v) is 5.58. The summed E-state index contributed by atoms with van der Waals surface area (Å²) in [4.78, 5) is 44.0. The normalized spacial score (nSPS) is 12.6. The number of nitrogens with one attached hydrogen (secondary N) is 2. The smallest absolute Gasteiger partial charge is 0.408 e. The lowest BCUT2D eigenvalue weighted by atomic mass is 9.98. The van der Waals surface area contributed by atoms with Gasteiger partial charge in [-0.15, -0.1) is 0 Å². The summed E-state index contributed by atoms with van der Waals surface area (Å²) in [6.07, 6.45) is 5.06. The van der Waals surface area contributed by atoms with E-state index in [1.165, 1.54) is 0 Å². The largest absolute Gasteiger partial charge is 0.508 e. The number of ether oxygens (including phenoxy) is 1. The predicted molar refractivity (Wildman–Crippen MR) is 189 cm³/mol. The van der Waals surface area contributed by atoms with E-state index in [1.54, 1.807) is 49.9 Å². The van der Waals surface area contributed by atoms with E-state index < -0.39 is 23.8 Å². The standard InChI is InChI=1S/C39H53N3O5/c1-8-10-11-12-13-25-42(37(45)33(40-38(46)47-39(5,6)7)26-30-19-23-32(43)24-20-30)35(31-21-17-29(9-2)18-22-31)36(44)41-34-27(3)15-14-16-28(34)4/h14-24,33,35,43H,8-13,25-26H2,1-7H3,(H,40,46)(H,41,44). The van der Waals surface area contributed by atoms with Crippen LogP contribution in [0.5, 0.6) is 5.75 Å². The molecular formula is C39H53N3O5. The molecule has 3 aromatic rings. The SMILES string of the molecule is CCCCCCCN(C(=O)C(Cc1ccc(O)cc1)NC(=O)OC(C)(C)C)C(C(=O)Nc1c(C)cccc1C)c1ccc(CC)cc1. The molecule has 3 amide bonds. The van der Waals surface area contributed by atoms with Crippen LogP contribution in [-0.4, -0.2) is 46.1 Å². The first-order valence-electron chi connectivity index (χ1n) is 16.9. The number of unbranched alkanes of at least 4 members (excludes halogenated alkanes) is 4. The minimum atomic E-state index is -1.03. The van der Waals surface area contributed by atoms with Crippen molar-refractivity contribution in [2.45, 2.75) is 111 Å². The van der Waals surface area contributed by atoms with Crippen molar-refractivity contribution in [1.29, 1.82) is 0 Å². The van der Waals surface area contributed by atoms with Gasteiger partial charge in [-0.25, -0.2) is 4.79 Å². The van der Waals surface area contributed by atoms with E-state index in [0.29, 0.717) is 18.5 Å². The molecule has 0 saturated carbocycles. The van der Waals surface area contributed by atoms with Crippen molar-refractivity contribution < 1.29 is 24.2 Å². The zero-order valence-electron chi connectivity index (χ0n) is 29.2. The molecule has 8 nitrogen and oxygen atoms in total. The van der Waals surface area contributed by atoms with Gasteiger partial charge >= 0.3 is 6.09 Å². The summed E-state index contributed by atoms with van der Waals surface area (Å²) >= 11 is 0. The fraction of sp³-hybridized carbons (Fsp3) is 0.462. The van der Waals surface area contributed by atoms with Crippen LogP contribution in [0.1, 0.15) is 101 Å². The lowest BCUT2D eigenvalue weighted by Crippen LogP contribution is -2.53. The molecule has 0 spiro atoms. The van der Waals surface area contributed by atoms with Gasteiger partial charge in [0, 0.05) is 18.7 Å². The highest BCUT2D eigenvalue weighted by atomic mass is 16.6. The number of amides is 3. The van der Waals surface area contributed by atoms with E-state index in [4.69, 9.17) is 4.74 Å². The van der Waals surface area contributed by atoms with Crippen molar-refractivity contribution >= 4 is 23.6 Å². The number of alkyl carbamates (subject to hydrolysis) is 1. The monoisotopic (exact) mass is 643 g/mol. The number of hydrogen-bond acceptors (Lipinski definition) is 5. The fourth-order valence-electron chi connectivity index (χ4n) is 5.58. The number of benzene rings is 3. The molecule has 8 heteroatoms. The van der Waals surface area contributed by atoms with Crippen LogP contribution in [0.2, 0.25) is 0 Å². The van der Waals surface area contributed by atoms with Gasteiger partial charge < -0.3 is 25.4 Å². The third-order valence-corrected chi connectivity index (χ3v) is 8.14. The number of carbonyl (C=O) groups excluding carboxylic acids is 3. The van der Waals surface area contributed by atoms with E-state index in [-0.39, 0.29) is 24.0 Å². The van der Waals surface area contributed by atoms with Crippen LogP contribution in [0.3, 0.4) is 0 Å². The highest BCUT2D eigenvalue weighted by Gasteiger charge is 2.36. The zero-order valence-corrected chi connectivity index (χ0v) is 29.2.